The van der Waals surface area contributed by atoms with Gasteiger partial charge in [-0.05, 0) is 49.3 Å². The van der Waals surface area contributed by atoms with E-state index in [2.05, 4.69) is 36.4 Å². The lowest BCUT2D eigenvalue weighted by molar-refractivity contribution is -0.142. The van der Waals surface area contributed by atoms with Crippen LogP contribution in [-0.2, 0) is 44.5 Å². The van der Waals surface area contributed by atoms with Crippen LogP contribution in [0.2, 0.25) is 0 Å². The average molecular weight is 730 g/mol. The van der Waals surface area contributed by atoms with Crippen LogP contribution in [0.1, 0.15) is 53.0 Å². The number of phosphoric ester groups is 1. The van der Waals surface area contributed by atoms with Crippen molar-refractivity contribution in [2.24, 2.45) is 17.6 Å². The minimum absolute atomic E-state index is 0.0132. The highest BCUT2D eigenvalue weighted by atomic mass is 31.2. The lowest BCUT2D eigenvalue weighted by atomic mass is 10.0. The predicted molar refractivity (Wildman–Crippen MR) is 178 cm³/mol. The Kier molecular flexibility index (Phi) is 18.1. The zero-order valence-corrected chi connectivity index (χ0v) is 29.5. The molecule has 50 heavy (non-hydrogen) atoms. The number of phosphoric acid groups is 1. The van der Waals surface area contributed by atoms with E-state index in [1.165, 1.54) is 31.2 Å². The number of rotatable bonds is 21. The number of nitrogens with two attached hydrogens (primary N) is 1. The molecule has 0 radical (unpaired) electrons. The third kappa shape index (κ3) is 17.7. The van der Waals surface area contributed by atoms with E-state index in [4.69, 9.17) is 15.5 Å². The lowest BCUT2D eigenvalue weighted by Crippen LogP contribution is -2.56. The Morgan fingerprint density at radius 2 is 1.18 bits per heavy atom. The van der Waals surface area contributed by atoms with Crippen molar-refractivity contribution < 1.29 is 57.5 Å². The summed E-state index contributed by atoms with van der Waals surface area (Å²) in [6, 6.07) is 0.610. The average Bonchev–Trinajstić information content (AvgIpc) is 3.00. The lowest BCUT2D eigenvalue weighted by Gasteiger charge is -2.23. The second-order valence-corrected chi connectivity index (χ2v) is 13.4. The van der Waals surface area contributed by atoms with E-state index < -0.39 is 86.5 Å². The molecule has 0 heterocycles. The van der Waals surface area contributed by atoms with Gasteiger partial charge in [-0.3, -0.25) is 38.6 Å². The van der Waals surface area contributed by atoms with Crippen LogP contribution in [0.3, 0.4) is 0 Å². The van der Waals surface area contributed by atoms with E-state index in [0.717, 1.165) is 0 Å². The van der Waals surface area contributed by atoms with E-state index in [9.17, 15) is 43.2 Å². The van der Waals surface area contributed by atoms with Gasteiger partial charge in [0.1, 0.15) is 29.9 Å². The molecular weight excluding hydrogens is 681 g/mol. The maximum Gasteiger partial charge on any atom is 0.524 e. The Morgan fingerprint density at radius 1 is 0.700 bits per heavy atom. The summed E-state index contributed by atoms with van der Waals surface area (Å²) in [6.45, 7) is 6.98. The second kappa shape index (κ2) is 20.8. The molecule has 4 atom stereocenters. The molecule has 0 saturated carbocycles. The van der Waals surface area contributed by atoms with Crippen molar-refractivity contribution in [3.8, 4) is 5.75 Å². The summed E-state index contributed by atoms with van der Waals surface area (Å²) in [4.78, 5) is 105. The first-order valence-electron chi connectivity index (χ1n) is 15.7. The Labute approximate surface area is 289 Å². The Morgan fingerprint density at radius 3 is 1.64 bits per heavy atom. The minimum Gasteiger partial charge on any atom is -0.480 e. The van der Waals surface area contributed by atoms with Crippen LogP contribution in [0.25, 0.3) is 0 Å². The zero-order chi connectivity index (χ0) is 38.2. The van der Waals surface area contributed by atoms with Crippen molar-refractivity contribution in [3.05, 3.63) is 29.8 Å². The fraction of sp³-hybridized carbons (Fsp3) is 0.567. The number of amides is 6. The standard InChI is InChI=1S/C30H48N7O12P/c1-16(2)10-21(28(42)32-15-26(40)36-23(30(44)45)11-17(3)4)35-25(39)14-33-29(43)22(37-27(41)18(5)34-24(38)13-31)12-19-6-8-20(9-7-19)49-50(46,47)48/h6-9,16-18,21-23H,10-15,31H2,1-5H3,(H,32,42)(H,33,43)(H,34,38)(H,35,39)(H,36,40)(H,37,41)(H,44,45)(H2,46,47,48)/t18-,21-,22-,23-/m0/s1. The molecular formula is C30H48N7O12P. The van der Waals surface area contributed by atoms with Crippen LogP contribution in [0.5, 0.6) is 5.75 Å². The molecule has 0 aromatic heterocycles. The number of carbonyl (C=O) groups excluding carboxylic acids is 6. The molecule has 0 fully saturated rings. The fourth-order valence-electron chi connectivity index (χ4n) is 4.40. The first-order chi connectivity index (χ1) is 23.2. The molecule has 0 bridgehead atoms. The Bertz CT molecular complexity index is 1400. The fourth-order valence-corrected chi connectivity index (χ4v) is 4.80. The normalized spacial score (nSPS) is 13.6. The van der Waals surface area contributed by atoms with Crippen LogP contribution in [0, 0.1) is 11.8 Å². The van der Waals surface area contributed by atoms with Gasteiger partial charge >= 0.3 is 13.8 Å². The molecule has 0 saturated heterocycles. The summed E-state index contributed by atoms with van der Waals surface area (Å²) in [5.41, 5.74) is 5.69. The van der Waals surface area contributed by atoms with Crippen molar-refractivity contribution in [1.82, 2.24) is 31.9 Å². The maximum atomic E-state index is 13.2. The third-order valence-electron chi connectivity index (χ3n) is 6.72. The van der Waals surface area contributed by atoms with Gasteiger partial charge in [-0.1, -0.05) is 39.8 Å². The van der Waals surface area contributed by atoms with Gasteiger partial charge in [-0.25, -0.2) is 9.36 Å². The topological polar surface area (TPSA) is 305 Å². The molecule has 1 aromatic carbocycles. The summed E-state index contributed by atoms with van der Waals surface area (Å²) < 4.78 is 15.6. The first kappa shape index (κ1) is 43.4. The van der Waals surface area contributed by atoms with Crippen molar-refractivity contribution in [2.45, 2.75) is 78.0 Å². The molecule has 0 aliphatic rings. The molecule has 1 aromatic rings. The largest absolute Gasteiger partial charge is 0.524 e. The van der Waals surface area contributed by atoms with Crippen molar-refractivity contribution >= 4 is 49.2 Å². The van der Waals surface area contributed by atoms with E-state index in [1.54, 1.807) is 27.7 Å². The monoisotopic (exact) mass is 729 g/mol. The summed E-state index contributed by atoms with van der Waals surface area (Å²) in [6.07, 6.45) is 0.181. The van der Waals surface area contributed by atoms with Crippen LogP contribution >= 0.6 is 7.82 Å². The highest BCUT2D eigenvalue weighted by molar-refractivity contribution is 7.46. The van der Waals surface area contributed by atoms with E-state index >= 15 is 0 Å². The van der Waals surface area contributed by atoms with Gasteiger partial charge in [-0.15, -0.1) is 0 Å². The van der Waals surface area contributed by atoms with Gasteiger partial charge in [0.15, 0.2) is 0 Å². The zero-order valence-electron chi connectivity index (χ0n) is 28.6. The SMILES string of the molecule is CC(C)C[C@H](NC(=O)CNC(=O)[C@H](CC(C)C)NC(=O)CNC(=O)[C@H](Cc1ccc(OP(=O)(O)O)cc1)NC(=O)[C@H](C)NC(=O)CN)C(=O)O. The van der Waals surface area contributed by atoms with E-state index in [-0.39, 0.29) is 43.4 Å². The van der Waals surface area contributed by atoms with Gasteiger partial charge in [0, 0.05) is 6.42 Å². The first-order valence-corrected chi connectivity index (χ1v) is 17.2. The number of carboxylic acids is 1. The van der Waals surface area contributed by atoms with Crippen LogP contribution < -0.4 is 42.2 Å². The molecule has 6 amide bonds. The number of carbonyl (C=O) groups is 7. The number of hydrogen-bond donors (Lipinski definition) is 10. The molecule has 1 rings (SSSR count). The smallest absolute Gasteiger partial charge is 0.480 e. The van der Waals surface area contributed by atoms with E-state index in [1.807, 2.05) is 0 Å². The molecule has 19 nitrogen and oxygen atoms in total. The second-order valence-electron chi connectivity index (χ2n) is 12.3. The van der Waals surface area contributed by atoms with Crippen molar-refractivity contribution in [1.29, 1.82) is 0 Å². The summed E-state index contributed by atoms with van der Waals surface area (Å²) >= 11 is 0. The highest BCUT2D eigenvalue weighted by Crippen LogP contribution is 2.37. The molecule has 11 N–H and O–H groups in total. The molecule has 0 spiro atoms. The number of carboxylic acid groups (broad SMARTS) is 1. The van der Waals surface area contributed by atoms with Gasteiger partial charge in [0.05, 0.1) is 19.6 Å². The molecule has 280 valence electrons. The minimum atomic E-state index is -4.82. The summed E-state index contributed by atoms with van der Waals surface area (Å²) in [7, 11) is -4.82. The third-order valence-corrected chi connectivity index (χ3v) is 7.17. The maximum absolute atomic E-state index is 13.2. The van der Waals surface area contributed by atoms with Crippen LogP contribution in [0.4, 0.5) is 0 Å². The van der Waals surface area contributed by atoms with Crippen molar-refractivity contribution in [3.63, 3.8) is 0 Å². The van der Waals surface area contributed by atoms with Crippen molar-refractivity contribution in [2.75, 3.05) is 19.6 Å². The number of nitrogens with one attached hydrogen (secondary N) is 6. The number of hydrogen-bond acceptors (Lipinski definition) is 10. The number of aliphatic carboxylic acids is 1. The van der Waals surface area contributed by atoms with Gasteiger partial charge in [0.2, 0.25) is 35.4 Å². The van der Waals surface area contributed by atoms with E-state index in [0.29, 0.717) is 5.56 Å². The molecule has 0 unspecified atom stereocenters. The Balaban J connectivity index is 2.97. The molecule has 0 aliphatic heterocycles. The van der Waals surface area contributed by atoms with Gasteiger partial charge in [0.25, 0.3) is 0 Å². The highest BCUT2D eigenvalue weighted by Gasteiger charge is 2.28. The molecule has 0 aliphatic carbocycles. The van der Waals surface area contributed by atoms with Gasteiger partial charge < -0.3 is 47.3 Å². The number of benzene rings is 1. The van der Waals surface area contributed by atoms with Gasteiger partial charge in [-0.2, -0.15) is 0 Å². The predicted octanol–water partition coefficient (Wildman–Crippen LogP) is -1.97. The summed E-state index contributed by atoms with van der Waals surface area (Å²) in [5.74, 6) is -5.90. The summed E-state index contributed by atoms with van der Waals surface area (Å²) in [5, 5.41) is 23.8. The quantitative estimate of drug-likeness (QED) is 0.0615. The molecule has 20 heteroatoms. The van der Waals surface area contributed by atoms with Crippen LogP contribution in [0.15, 0.2) is 24.3 Å². The van der Waals surface area contributed by atoms with Crippen LogP contribution in [-0.4, -0.2) is 100 Å². The Hall–Kier alpha value is -4.58.